The van der Waals surface area contributed by atoms with Crippen LogP contribution >= 0.6 is 11.3 Å². The van der Waals surface area contributed by atoms with Crippen molar-refractivity contribution in [2.75, 3.05) is 13.2 Å². The fourth-order valence-corrected chi connectivity index (χ4v) is 1.84. The SMILES string of the molecule is CCOCC(=O)NC(C)c1ccsc1. The first-order valence-corrected chi connectivity index (χ1v) is 5.57. The average molecular weight is 213 g/mol. The summed E-state index contributed by atoms with van der Waals surface area (Å²) in [7, 11) is 0. The molecule has 0 aliphatic rings. The van der Waals surface area contributed by atoms with Gasteiger partial charge in [0.1, 0.15) is 6.61 Å². The zero-order valence-electron chi connectivity index (χ0n) is 8.45. The molecule has 0 saturated carbocycles. The smallest absolute Gasteiger partial charge is 0.246 e. The summed E-state index contributed by atoms with van der Waals surface area (Å²) >= 11 is 1.63. The number of hydrogen-bond donors (Lipinski definition) is 1. The van der Waals surface area contributed by atoms with Gasteiger partial charge in [-0.1, -0.05) is 0 Å². The van der Waals surface area contributed by atoms with Crippen LogP contribution in [0.3, 0.4) is 0 Å². The summed E-state index contributed by atoms with van der Waals surface area (Å²) in [4.78, 5) is 11.3. The number of nitrogens with one attached hydrogen (secondary N) is 1. The standard InChI is InChI=1S/C10H15NO2S/c1-3-13-6-10(12)11-8(2)9-4-5-14-7-9/h4-5,7-8H,3,6H2,1-2H3,(H,11,12). The molecule has 1 aromatic rings. The molecule has 14 heavy (non-hydrogen) atoms. The van der Waals surface area contributed by atoms with Crippen LogP contribution in [0.2, 0.25) is 0 Å². The molecule has 0 bridgehead atoms. The molecular formula is C10H15NO2S. The highest BCUT2D eigenvalue weighted by Gasteiger charge is 2.08. The Balaban J connectivity index is 2.33. The number of carbonyl (C=O) groups is 1. The van der Waals surface area contributed by atoms with Gasteiger partial charge in [-0.3, -0.25) is 4.79 Å². The predicted molar refractivity (Wildman–Crippen MR) is 57.4 cm³/mol. The van der Waals surface area contributed by atoms with Crippen LogP contribution in [0.15, 0.2) is 16.8 Å². The Morgan fingerprint density at radius 2 is 2.50 bits per heavy atom. The van der Waals surface area contributed by atoms with Gasteiger partial charge in [-0.05, 0) is 36.2 Å². The maximum absolute atomic E-state index is 11.3. The summed E-state index contributed by atoms with van der Waals surface area (Å²) < 4.78 is 5.00. The van der Waals surface area contributed by atoms with Crippen LogP contribution in [-0.4, -0.2) is 19.1 Å². The van der Waals surface area contributed by atoms with Gasteiger partial charge in [0.05, 0.1) is 6.04 Å². The van der Waals surface area contributed by atoms with Gasteiger partial charge in [0.2, 0.25) is 5.91 Å². The Morgan fingerprint density at radius 3 is 3.07 bits per heavy atom. The minimum Gasteiger partial charge on any atom is -0.372 e. The minimum absolute atomic E-state index is 0.0641. The van der Waals surface area contributed by atoms with Crippen molar-refractivity contribution in [3.8, 4) is 0 Å². The van der Waals surface area contributed by atoms with Gasteiger partial charge in [0, 0.05) is 6.61 Å². The lowest BCUT2D eigenvalue weighted by Crippen LogP contribution is -2.29. The minimum atomic E-state index is -0.0643. The van der Waals surface area contributed by atoms with Gasteiger partial charge < -0.3 is 10.1 Å². The van der Waals surface area contributed by atoms with Gasteiger partial charge in [-0.2, -0.15) is 11.3 Å². The molecule has 1 N–H and O–H groups in total. The Hall–Kier alpha value is -0.870. The molecule has 1 aromatic heterocycles. The maximum atomic E-state index is 11.3. The van der Waals surface area contributed by atoms with Gasteiger partial charge in [0.15, 0.2) is 0 Å². The highest BCUT2D eigenvalue weighted by molar-refractivity contribution is 7.07. The second kappa shape index (κ2) is 5.78. The third-order valence-electron chi connectivity index (χ3n) is 1.86. The topological polar surface area (TPSA) is 38.3 Å². The van der Waals surface area contributed by atoms with E-state index in [1.807, 2.05) is 30.7 Å². The Bertz CT molecular complexity index is 272. The average Bonchev–Trinajstić information content (AvgIpc) is 2.67. The van der Waals surface area contributed by atoms with E-state index in [1.165, 1.54) is 0 Å². The lowest BCUT2D eigenvalue weighted by atomic mass is 10.2. The second-order valence-electron chi connectivity index (χ2n) is 2.98. The Kier molecular flexibility index (Phi) is 4.62. The number of carbonyl (C=O) groups excluding carboxylic acids is 1. The molecule has 0 radical (unpaired) electrons. The van der Waals surface area contributed by atoms with Crippen molar-refractivity contribution in [3.05, 3.63) is 22.4 Å². The normalized spacial score (nSPS) is 12.4. The van der Waals surface area contributed by atoms with E-state index >= 15 is 0 Å². The van der Waals surface area contributed by atoms with E-state index in [1.54, 1.807) is 11.3 Å². The molecule has 0 aromatic carbocycles. The fourth-order valence-electron chi connectivity index (χ4n) is 1.08. The maximum Gasteiger partial charge on any atom is 0.246 e. The number of ether oxygens (including phenoxy) is 1. The molecule has 1 rings (SSSR count). The first kappa shape index (κ1) is 11.2. The molecule has 0 saturated heterocycles. The molecule has 0 aliphatic heterocycles. The third kappa shape index (κ3) is 3.47. The summed E-state index contributed by atoms with van der Waals surface area (Å²) in [5, 5.41) is 6.89. The molecule has 0 aliphatic carbocycles. The molecule has 78 valence electrons. The second-order valence-corrected chi connectivity index (χ2v) is 3.76. The highest BCUT2D eigenvalue weighted by atomic mass is 32.1. The van der Waals surface area contributed by atoms with Crippen molar-refractivity contribution in [2.24, 2.45) is 0 Å². The van der Waals surface area contributed by atoms with Crippen molar-refractivity contribution in [3.63, 3.8) is 0 Å². The van der Waals surface area contributed by atoms with Crippen LogP contribution in [0.4, 0.5) is 0 Å². The molecule has 4 heteroatoms. The van der Waals surface area contributed by atoms with Crippen LogP contribution in [0.25, 0.3) is 0 Å². The van der Waals surface area contributed by atoms with Crippen molar-refractivity contribution >= 4 is 17.2 Å². The zero-order valence-corrected chi connectivity index (χ0v) is 9.26. The lowest BCUT2D eigenvalue weighted by molar-refractivity contribution is -0.126. The zero-order chi connectivity index (χ0) is 10.4. The van der Waals surface area contributed by atoms with Crippen LogP contribution in [0.1, 0.15) is 25.5 Å². The quantitative estimate of drug-likeness (QED) is 0.812. The molecule has 1 unspecified atom stereocenters. The van der Waals surface area contributed by atoms with Crippen molar-refractivity contribution in [2.45, 2.75) is 19.9 Å². The van der Waals surface area contributed by atoms with Crippen LogP contribution in [0.5, 0.6) is 0 Å². The van der Waals surface area contributed by atoms with E-state index in [2.05, 4.69) is 5.32 Å². The van der Waals surface area contributed by atoms with E-state index < -0.39 is 0 Å². The molecule has 1 amide bonds. The molecular weight excluding hydrogens is 198 g/mol. The highest BCUT2D eigenvalue weighted by Crippen LogP contribution is 2.15. The monoisotopic (exact) mass is 213 g/mol. The summed E-state index contributed by atoms with van der Waals surface area (Å²) in [6.07, 6.45) is 0. The number of hydrogen-bond acceptors (Lipinski definition) is 3. The predicted octanol–water partition coefficient (Wildman–Crippen LogP) is 1.96. The van der Waals surface area contributed by atoms with Crippen molar-refractivity contribution in [1.82, 2.24) is 5.32 Å². The van der Waals surface area contributed by atoms with E-state index in [0.717, 1.165) is 5.56 Å². The summed E-state index contributed by atoms with van der Waals surface area (Å²) in [5.74, 6) is -0.0643. The van der Waals surface area contributed by atoms with E-state index in [4.69, 9.17) is 4.74 Å². The van der Waals surface area contributed by atoms with E-state index in [-0.39, 0.29) is 18.6 Å². The number of rotatable bonds is 5. The van der Waals surface area contributed by atoms with Gasteiger partial charge in [0.25, 0.3) is 0 Å². The van der Waals surface area contributed by atoms with Crippen molar-refractivity contribution < 1.29 is 9.53 Å². The molecule has 3 nitrogen and oxygen atoms in total. The summed E-state index contributed by atoms with van der Waals surface area (Å²) in [6, 6.07) is 2.07. The molecule has 1 atom stereocenters. The van der Waals surface area contributed by atoms with Gasteiger partial charge >= 0.3 is 0 Å². The van der Waals surface area contributed by atoms with Crippen LogP contribution in [-0.2, 0) is 9.53 Å². The summed E-state index contributed by atoms with van der Waals surface area (Å²) in [6.45, 7) is 4.55. The van der Waals surface area contributed by atoms with Crippen LogP contribution in [0, 0.1) is 0 Å². The first-order chi connectivity index (χ1) is 6.74. The molecule has 0 spiro atoms. The van der Waals surface area contributed by atoms with Gasteiger partial charge in [-0.25, -0.2) is 0 Å². The van der Waals surface area contributed by atoms with Gasteiger partial charge in [-0.15, -0.1) is 0 Å². The van der Waals surface area contributed by atoms with E-state index in [9.17, 15) is 4.79 Å². The largest absolute Gasteiger partial charge is 0.372 e. The van der Waals surface area contributed by atoms with E-state index in [0.29, 0.717) is 6.61 Å². The first-order valence-electron chi connectivity index (χ1n) is 4.63. The molecule has 0 fully saturated rings. The third-order valence-corrected chi connectivity index (χ3v) is 2.56. The number of thiophene rings is 1. The van der Waals surface area contributed by atoms with Crippen molar-refractivity contribution in [1.29, 1.82) is 0 Å². The van der Waals surface area contributed by atoms with Crippen LogP contribution < -0.4 is 5.32 Å². The summed E-state index contributed by atoms with van der Waals surface area (Å²) in [5.41, 5.74) is 1.14. The molecule has 1 heterocycles. The Morgan fingerprint density at radius 1 is 1.71 bits per heavy atom. The fraction of sp³-hybridized carbons (Fsp3) is 0.500. The Labute approximate surface area is 88.1 Å². The lowest BCUT2D eigenvalue weighted by Gasteiger charge is -2.12. The number of amides is 1.